The SMILES string of the molecule is CCC(C)(C)n1nnnc1[C@H](c1cc2cccc(C)c2[nH]c1=O)N1CCN(Cc2ccc3c(c2)OCO3)CC1. The van der Waals surface area contributed by atoms with Crippen molar-refractivity contribution in [2.45, 2.75) is 52.2 Å². The van der Waals surface area contributed by atoms with E-state index in [1.165, 1.54) is 5.56 Å². The zero-order valence-corrected chi connectivity index (χ0v) is 23.0. The third kappa shape index (κ3) is 4.79. The van der Waals surface area contributed by atoms with E-state index in [0.29, 0.717) is 11.4 Å². The van der Waals surface area contributed by atoms with Gasteiger partial charge < -0.3 is 14.5 Å². The topological polar surface area (TPSA) is 101 Å². The molecule has 1 N–H and O–H groups in total. The highest BCUT2D eigenvalue weighted by Crippen LogP contribution is 2.34. The molecular formula is C29H35N7O3. The number of ether oxygens (including phenoxy) is 2. The van der Waals surface area contributed by atoms with E-state index in [0.717, 1.165) is 67.1 Å². The molecule has 0 spiro atoms. The number of aryl methyl sites for hydroxylation is 1. The Morgan fingerprint density at radius 1 is 1.05 bits per heavy atom. The number of fused-ring (bicyclic) bond motifs is 2. The zero-order chi connectivity index (χ0) is 27.1. The maximum atomic E-state index is 13.6. The van der Waals surface area contributed by atoms with E-state index in [1.54, 1.807) is 0 Å². The highest BCUT2D eigenvalue weighted by Gasteiger charge is 2.35. The van der Waals surface area contributed by atoms with Gasteiger partial charge in [-0.2, -0.15) is 0 Å². The van der Waals surface area contributed by atoms with E-state index in [9.17, 15) is 4.79 Å². The third-order valence-electron chi connectivity index (χ3n) is 8.20. The molecule has 0 amide bonds. The Morgan fingerprint density at radius 3 is 2.64 bits per heavy atom. The molecule has 0 bridgehead atoms. The molecule has 0 unspecified atom stereocenters. The number of para-hydroxylation sites is 1. The van der Waals surface area contributed by atoms with Gasteiger partial charge >= 0.3 is 0 Å². The van der Waals surface area contributed by atoms with Crippen molar-refractivity contribution in [2.75, 3.05) is 33.0 Å². The van der Waals surface area contributed by atoms with Crippen LogP contribution < -0.4 is 15.0 Å². The summed E-state index contributed by atoms with van der Waals surface area (Å²) in [5.41, 5.74) is 3.38. The molecule has 1 fully saturated rings. The number of nitrogens with one attached hydrogen (secondary N) is 1. The molecular weight excluding hydrogens is 494 g/mol. The fourth-order valence-electron chi connectivity index (χ4n) is 5.53. The van der Waals surface area contributed by atoms with E-state index >= 15 is 0 Å². The van der Waals surface area contributed by atoms with E-state index in [4.69, 9.17) is 9.47 Å². The molecule has 10 nitrogen and oxygen atoms in total. The Kier molecular flexibility index (Phi) is 6.60. The number of pyridine rings is 1. The summed E-state index contributed by atoms with van der Waals surface area (Å²) in [5, 5.41) is 14.0. The van der Waals surface area contributed by atoms with Gasteiger partial charge in [0.05, 0.1) is 11.1 Å². The van der Waals surface area contributed by atoms with E-state index < -0.39 is 0 Å². The zero-order valence-electron chi connectivity index (χ0n) is 23.0. The van der Waals surface area contributed by atoms with Gasteiger partial charge in [0.25, 0.3) is 5.56 Å². The van der Waals surface area contributed by atoms with Crippen molar-refractivity contribution in [1.82, 2.24) is 35.0 Å². The number of rotatable bonds is 7. The van der Waals surface area contributed by atoms with Crippen LogP contribution in [0.1, 0.15) is 55.7 Å². The molecule has 0 radical (unpaired) electrons. The minimum Gasteiger partial charge on any atom is -0.454 e. The van der Waals surface area contributed by atoms with Gasteiger partial charge in [0.15, 0.2) is 17.3 Å². The predicted molar refractivity (Wildman–Crippen MR) is 148 cm³/mol. The van der Waals surface area contributed by atoms with Gasteiger partial charge in [0.2, 0.25) is 6.79 Å². The third-order valence-corrected chi connectivity index (χ3v) is 8.20. The number of H-pyrrole nitrogens is 1. The van der Waals surface area contributed by atoms with E-state index in [2.05, 4.69) is 63.2 Å². The molecule has 2 aromatic heterocycles. The van der Waals surface area contributed by atoms with Crippen molar-refractivity contribution in [3.8, 4) is 11.5 Å². The summed E-state index contributed by atoms with van der Waals surface area (Å²) in [7, 11) is 0. The van der Waals surface area contributed by atoms with Crippen LogP contribution in [0.3, 0.4) is 0 Å². The van der Waals surface area contributed by atoms with Crippen LogP contribution in [0.25, 0.3) is 10.9 Å². The van der Waals surface area contributed by atoms with Gasteiger partial charge in [-0.3, -0.25) is 14.6 Å². The lowest BCUT2D eigenvalue weighted by atomic mass is 9.98. The van der Waals surface area contributed by atoms with Gasteiger partial charge in [0, 0.05) is 38.3 Å². The van der Waals surface area contributed by atoms with Crippen molar-refractivity contribution < 1.29 is 9.47 Å². The number of tetrazole rings is 1. The summed E-state index contributed by atoms with van der Waals surface area (Å²) in [6.45, 7) is 12.8. The van der Waals surface area contributed by atoms with Crippen molar-refractivity contribution >= 4 is 10.9 Å². The highest BCUT2D eigenvalue weighted by atomic mass is 16.7. The first-order valence-corrected chi connectivity index (χ1v) is 13.6. The number of aromatic nitrogens is 5. The van der Waals surface area contributed by atoms with Crippen LogP contribution in [-0.2, 0) is 12.1 Å². The highest BCUT2D eigenvalue weighted by molar-refractivity contribution is 5.82. The minimum atomic E-state index is -0.368. The van der Waals surface area contributed by atoms with E-state index in [1.807, 2.05) is 41.9 Å². The first kappa shape index (κ1) is 25.5. The molecule has 2 aliphatic heterocycles. The Labute approximate surface area is 227 Å². The fourth-order valence-corrected chi connectivity index (χ4v) is 5.53. The van der Waals surface area contributed by atoms with Crippen molar-refractivity contribution in [3.05, 3.63) is 75.3 Å². The maximum absolute atomic E-state index is 13.6. The predicted octanol–water partition coefficient (Wildman–Crippen LogP) is 3.60. The maximum Gasteiger partial charge on any atom is 0.253 e. The second-order valence-electron chi connectivity index (χ2n) is 11.1. The number of nitrogens with zero attached hydrogens (tertiary/aromatic N) is 6. The molecule has 1 saturated heterocycles. The normalized spacial score (nSPS) is 17.1. The first-order chi connectivity index (χ1) is 18.8. The van der Waals surface area contributed by atoms with Crippen LogP contribution in [0, 0.1) is 6.92 Å². The summed E-state index contributed by atoms with van der Waals surface area (Å²) >= 11 is 0. The standard InChI is InChI=1S/C29H35N7O3/c1-5-29(3,4)36-27(31-32-33-36)26(22-16-21-8-6-7-19(2)25(21)30-28(22)37)35-13-11-34(12-14-35)17-20-9-10-23-24(15-20)39-18-38-23/h6-10,15-16,26H,5,11-14,17-18H2,1-4H3,(H,30,37)/t26-/m0/s1. The molecule has 0 saturated carbocycles. The smallest absolute Gasteiger partial charge is 0.253 e. The lowest BCUT2D eigenvalue weighted by Gasteiger charge is -2.39. The molecule has 4 heterocycles. The van der Waals surface area contributed by atoms with Crippen LogP contribution in [0.2, 0.25) is 0 Å². The molecule has 6 rings (SSSR count). The van der Waals surface area contributed by atoms with Crippen molar-refractivity contribution in [1.29, 1.82) is 0 Å². The average Bonchev–Trinajstić information content (AvgIpc) is 3.61. The number of hydrogen-bond acceptors (Lipinski definition) is 8. The Morgan fingerprint density at radius 2 is 1.85 bits per heavy atom. The molecule has 1 atom stereocenters. The van der Waals surface area contributed by atoms with Gasteiger partial charge in [-0.25, -0.2) is 4.68 Å². The summed E-state index contributed by atoms with van der Waals surface area (Å²) < 4.78 is 12.9. The molecule has 204 valence electrons. The molecule has 2 aromatic carbocycles. The quantitative estimate of drug-likeness (QED) is 0.388. The van der Waals surface area contributed by atoms with Crippen molar-refractivity contribution in [2.24, 2.45) is 0 Å². The fraction of sp³-hybridized carbons (Fsp3) is 0.448. The Balaban J connectivity index is 1.32. The average molecular weight is 530 g/mol. The van der Waals surface area contributed by atoms with E-state index in [-0.39, 0.29) is 23.9 Å². The number of aromatic amines is 1. The minimum absolute atomic E-state index is 0.103. The molecule has 2 aliphatic rings. The second-order valence-corrected chi connectivity index (χ2v) is 11.1. The van der Waals surface area contributed by atoms with Gasteiger partial charge in [-0.1, -0.05) is 31.2 Å². The summed E-state index contributed by atoms with van der Waals surface area (Å²) in [5.74, 6) is 2.31. The van der Waals surface area contributed by atoms with Gasteiger partial charge in [-0.05, 0) is 72.3 Å². The monoisotopic (exact) mass is 529 g/mol. The summed E-state index contributed by atoms with van der Waals surface area (Å²) in [4.78, 5) is 21.5. The number of benzene rings is 2. The molecule has 4 aromatic rings. The van der Waals surface area contributed by atoms with Gasteiger partial charge in [-0.15, -0.1) is 5.10 Å². The van der Waals surface area contributed by atoms with Gasteiger partial charge in [0.1, 0.15) is 6.04 Å². The Hall–Kier alpha value is -3.76. The van der Waals surface area contributed by atoms with Crippen LogP contribution in [0.4, 0.5) is 0 Å². The van der Waals surface area contributed by atoms with Crippen LogP contribution in [0.5, 0.6) is 11.5 Å². The lowest BCUT2D eigenvalue weighted by molar-refractivity contribution is 0.0968. The number of hydrogen-bond donors (Lipinski definition) is 1. The largest absolute Gasteiger partial charge is 0.454 e. The van der Waals surface area contributed by atoms with Crippen LogP contribution in [-0.4, -0.2) is 68.0 Å². The molecule has 39 heavy (non-hydrogen) atoms. The Bertz CT molecular complexity index is 1550. The lowest BCUT2D eigenvalue weighted by Crippen LogP contribution is -2.49. The first-order valence-electron chi connectivity index (χ1n) is 13.6. The van der Waals surface area contributed by atoms with Crippen LogP contribution >= 0.6 is 0 Å². The van der Waals surface area contributed by atoms with Crippen LogP contribution in [0.15, 0.2) is 47.3 Å². The summed E-state index contributed by atoms with van der Waals surface area (Å²) in [6.07, 6.45) is 0.855. The summed E-state index contributed by atoms with van der Waals surface area (Å²) in [6, 6.07) is 13.9. The number of piperazine rings is 1. The molecule has 0 aliphatic carbocycles. The second kappa shape index (κ2) is 10.1. The van der Waals surface area contributed by atoms with Crippen molar-refractivity contribution in [3.63, 3.8) is 0 Å². The molecule has 10 heteroatoms.